The van der Waals surface area contributed by atoms with Crippen LogP contribution in [0.15, 0.2) is 41.5 Å². The van der Waals surface area contributed by atoms with Crippen LogP contribution in [0.4, 0.5) is 10.1 Å². The van der Waals surface area contributed by atoms with Crippen LogP contribution in [0.25, 0.3) is 0 Å². The summed E-state index contributed by atoms with van der Waals surface area (Å²) < 4.78 is 14.1. The maximum Gasteiger partial charge on any atom is 0.166 e. The third-order valence-corrected chi connectivity index (χ3v) is 4.87. The lowest BCUT2D eigenvalue weighted by atomic mass is 10.1. The van der Waals surface area contributed by atoms with Crippen molar-refractivity contribution in [2.75, 3.05) is 31.1 Å². The van der Waals surface area contributed by atoms with Gasteiger partial charge in [0.2, 0.25) is 0 Å². The molecule has 0 saturated carbocycles. The number of halogens is 1. The van der Waals surface area contributed by atoms with Gasteiger partial charge in [0.1, 0.15) is 0 Å². The standard InChI is InChI=1S/C23H26FN3O/c1-3-27(4-2)25-17-20-15-19(16-22(24)23(20)28)8-7-18-9-11-21(12-10-18)26-13-5-6-14-26/h9-12,15-17,28H,3-6,13-14H2,1-2H3/b25-17+. The Bertz CT molecular complexity index is 887. The number of hydrazone groups is 1. The molecule has 1 N–H and O–H groups in total. The van der Waals surface area contributed by atoms with Crippen molar-refractivity contribution in [2.24, 2.45) is 5.10 Å². The van der Waals surface area contributed by atoms with Crippen molar-refractivity contribution in [1.82, 2.24) is 5.01 Å². The van der Waals surface area contributed by atoms with E-state index in [2.05, 4.69) is 34.0 Å². The molecule has 0 amide bonds. The van der Waals surface area contributed by atoms with Gasteiger partial charge in [0, 0.05) is 48.6 Å². The van der Waals surface area contributed by atoms with Crippen molar-refractivity contribution >= 4 is 11.9 Å². The van der Waals surface area contributed by atoms with Crippen LogP contribution in [-0.4, -0.2) is 42.5 Å². The topological polar surface area (TPSA) is 39.1 Å². The van der Waals surface area contributed by atoms with E-state index in [1.165, 1.54) is 30.8 Å². The molecule has 28 heavy (non-hydrogen) atoms. The van der Waals surface area contributed by atoms with E-state index in [9.17, 15) is 9.50 Å². The lowest BCUT2D eigenvalue weighted by Crippen LogP contribution is -2.17. The van der Waals surface area contributed by atoms with Crippen LogP contribution < -0.4 is 4.90 Å². The van der Waals surface area contributed by atoms with E-state index in [-0.39, 0.29) is 0 Å². The van der Waals surface area contributed by atoms with Gasteiger partial charge < -0.3 is 10.0 Å². The fraction of sp³-hybridized carbons (Fsp3) is 0.348. The van der Waals surface area contributed by atoms with Gasteiger partial charge >= 0.3 is 0 Å². The second-order valence-corrected chi connectivity index (χ2v) is 6.77. The molecule has 0 spiro atoms. The molecule has 1 heterocycles. The van der Waals surface area contributed by atoms with E-state index in [1.807, 2.05) is 31.0 Å². The fourth-order valence-electron chi connectivity index (χ4n) is 3.20. The van der Waals surface area contributed by atoms with Gasteiger partial charge in [-0.2, -0.15) is 5.10 Å². The summed E-state index contributed by atoms with van der Waals surface area (Å²) in [6.07, 6.45) is 3.96. The lowest BCUT2D eigenvalue weighted by molar-refractivity contribution is 0.323. The first kappa shape index (κ1) is 19.8. The number of anilines is 1. The lowest BCUT2D eigenvalue weighted by Gasteiger charge is -2.17. The summed E-state index contributed by atoms with van der Waals surface area (Å²) >= 11 is 0. The van der Waals surface area contributed by atoms with Crippen molar-refractivity contribution in [1.29, 1.82) is 0 Å². The Kier molecular flexibility index (Phi) is 6.54. The number of hydrogen-bond donors (Lipinski definition) is 1. The van der Waals surface area contributed by atoms with Crippen molar-refractivity contribution in [2.45, 2.75) is 26.7 Å². The highest BCUT2D eigenvalue weighted by Crippen LogP contribution is 2.22. The van der Waals surface area contributed by atoms with Crippen molar-refractivity contribution in [3.05, 3.63) is 58.9 Å². The van der Waals surface area contributed by atoms with Gasteiger partial charge in [-0.05, 0) is 63.1 Å². The maximum atomic E-state index is 14.1. The summed E-state index contributed by atoms with van der Waals surface area (Å²) in [5, 5.41) is 16.0. The van der Waals surface area contributed by atoms with Gasteiger partial charge in [0.05, 0.1) is 6.21 Å². The Labute approximate surface area is 166 Å². The molecule has 0 atom stereocenters. The average molecular weight is 379 g/mol. The van der Waals surface area contributed by atoms with Crippen molar-refractivity contribution < 1.29 is 9.50 Å². The second kappa shape index (κ2) is 9.27. The molecule has 1 aliphatic heterocycles. The van der Waals surface area contributed by atoms with Gasteiger partial charge in [-0.25, -0.2) is 4.39 Å². The van der Waals surface area contributed by atoms with E-state index in [0.717, 1.165) is 31.7 Å². The normalized spacial score (nSPS) is 13.6. The Morgan fingerprint density at radius 2 is 1.71 bits per heavy atom. The fourth-order valence-corrected chi connectivity index (χ4v) is 3.20. The number of nitrogens with zero attached hydrogens (tertiary/aromatic N) is 3. The summed E-state index contributed by atoms with van der Waals surface area (Å²) in [4.78, 5) is 2.37. The molecule has 0 aromatic heterocycles. The third-order valence-electron chi connectivity index (χ3n) is 4.87. The number of phenols is 1. The Morgan fingerprint density at radius 1 is 1.07 bits per heavy atom. The molecule has 2 aromatic rings. The minimum Gasteiger partial charge on any atom is -0.504 e. The van der Waals surface area contributed by atoms with Gasteiger partial charge in [-0.1, -0.05) is 11.8 Å². The number of phenolic OH excluding ortho intramolecular Hbond substituents is 1. The third kappa shape index (κ3) is 4.83. The van der Waals surface area contributed by atoms with Crippen LogP contribution in [-0.2, 0) is 0 Å². The largest absolute Gasteiger partial charge is 0.504 e. The zero-order valence-corrected chi connectivity index (χ0v) is 16.5. The first-order valence-corrected chi connectivity index (χ1v) is 9.79. The summed E-state index contributed by atoms with van der Waals surface area (Å²) in [6, 6.07) is 11.0. The van der Waals surface area contributed by atoms with Gasteiger partial charge in [-0.15, -0.1) is 0 Å². The van der Waals surface area contributed by atoms with Crippen molar-refractivity contribution in [3.8, 4) is 17.6 Å². The highest BCUT2D eigenvalue weighted by molar-refractivity contribution is 5.84. The zero-order valence-electron chi connectivity index (χ0n) is 16.5. The number of benzene rings is 2. The van der Waals surface area contributed by atoms with Crippen LogP contribution in [0.3, 0.4) is 0 Å². The van der Waals surface area contributed by atoms with Gasteiger partial charge in [-0.3, -0.25) is 5.01 Å². The molecule has 0 unspecified atom stereocenters. The smallest absolute Gasteiger partial charge is 0.166 e. The molecular formula is C23H26FN3O. The molecule has 1 fully saturated rings. The maximum absolute atomic E-state index is 14.1. The number of rotatable bonds is 5. The second-order valence-electron chi connectivity index (χ2n) is 6.77. The zero-order chi connectivity index (χ0) is 19.9. The van der Waals surface area contributed by atoms with E-state index in [1.54, 1.807) is 6.07 Å². The molecule has 146 valence electrons. The minimum atomic E-state index is -0.697. The molecule has 1 saturated heterocycles. The van der Waals surface area contributed by atoms with E-state index in [4.69, 9.17) is 0 Å². The quantitative estimate of drug-likeness (QED) is 0.481. The molecule has 0 bridgehead atoms. The van der Waals surface area contributed by atoms with Crippen molar-refractivity contribution in [3.63, 3.8) is 0 Å². The van der Waals surface area contributed by atoms with Crippen LogP contribution in [0.1, 0.15) is 43.4 Å². The van der Waals surface area contributed by atoms with E-state index < -0.39 is 11.6 Å². The molecular weight excluding hydrogens is 353 g/mol. The molecule has 1 aliphatic rings. The van der Waals surface area contributed by atoms with Gasteiger partial charge in [0.25, 0.3) is 0 Å². The van der Waals surface area contributed by atoms with Gasteiger partial charge in [0.15, 0.2) is 11.6 Å². The SMILES string of the molecule is CCN(CC)/N=C/c1cc(C#Cc2ccc(N3CCCC3)cc2)cc(F)c1O. The first-order valence-electron chi connectivity index (χ1n) is 9.79. The Morgan fingerprint density at radius 3 is 2.36 bits per heavy atom. The van der Waals surface area contributed by atoms with E-state index in [0.29, 0.717) is 11.1 Å². The Hall–Kier alpha value is -3.00. The highest BCUT2D eigenvalue weighted by Gasteiger charge is 2.11. The predicted molar refractivity (Wildman–Crippen MR) is 112 cm³/mol. The predicted octanol–water partition coefficient (Wildman–Crippen LogP) is 4.21. The number of aromatic hydroxyl groups is 1. The molecule has 4 nitrogen and oxygen atoms in total. The van der Waals surface area contributed by atoms with Crippen LogP contribution >= 0.6 is 0 Å². The number of hydrogen-bond acceptors (Lipinski definition) is 4. The molecule has 5 heteroatoms. The van der Waals surface area contributed by atoms with E-state index >= 15 is 0 Å². The summed E-state index contributed by atoms with van der Waals surface area (Å²) in [5.74, 6) is 4.95. The summed E-state index contributed by atoms with van der Waals surface area (Å²) in [6.45, 7) is 7.66. The molecule has 0 aliphatic carbocycles. The monoisotopic (exact) mass is 379 g/mol. The molecule has 0 radical (unpaired) electrons. The van der Waals surface area contributed by atoms with Crippen LogP contribution in [0.5, 0.6) is 5.75 Å². The first-order chi connectivity index (χ1) is 13.6. The van der Waals surface area contributed by atoms with Crippen LogP contribution in [0, 0.1) is 17.7 Å². The summed E-state index contributed by atoms with van der Waals surface area (Å²) in [5.41, 5.74) is 2.91. The minimum absolute atomic E-state index is 0.320. The van der Waals surface area contributed by atoms with Crippen LogP contribution in [0.2, 0.25) is 0 Å². The molecule has 3 rings (SSSR count). The average Bonchev–Trinajstić information content (AvgIpc) is 3.25. The summed E-state index contributed by atoms with van der Waals surface area (Å²) in [7, 11) is 0. The molecule has 2 aromatic carbocycles. The Balaban J connectivity index is 1.79. The highest BCUT2D eigenvalue weighted by atomic mass is 19.1.